The fourth-order valence-electron chi connectivity index (χ4n) is 5.85. The molecule has 184 valence electrons. The van der Waals surface area contributed by atoms with Crippen LogP contribution in [0.3, 0.4) is 0 Å². The summed E-state index contributed by atoms with van der Waals surface area (Å²) in [6.45, 7) is 1.51. The minimum absolute atomic E-state index is 0.0248. The Morgan fingerprint density at radius 2 is 1.92 bits per heavy atom. The van der Waals surface area contributed by atoms with Crippen molar-refractivity contribution in [3.63, 3.8) is 0 Å². The molecule has 2 fully saturated rings. The van der Waals surface area contributed by atoms with Gasteiger partial charge >= 0.3 is 6.03 Å². The molecule has 0 aliphatic carbocycles. The van der Waals surface area contributed by atoms with E-state index in [1.165, 1.54) is 11.4 Å². The Labute approximate surface area is 207 Å². The molecule has 1 unspecified atom stereocenters. The van der Waals surface area contributed by atoms with Crippen LogP contribution in [0.2, 0.25) is 0 Å². The number of H-pyrrole nitrogens is 1. The van der Waals surface area contributed by atoms with Crippen LogP contribution in [-0.4, -0.2) is 65.4 Å². The second-order valence-corrected chi connectivity index (χ2v) is 9.49. The Bertz CT molecular complexity index is 1450. The Hall–Kier alpha value is -4.28. The topological polar surface area (TPSA) is 147 Å². The SMILES string of the molecule is CNC(=O)N1C2CC[C@H]1C[C@@H](c1nc3c(-c4ccc(-c5ncc[nH]5)nc4)cnn3c(N)c1C(C)=O)C2. The molecule has 0 radical (unpaired) electrons. The molecule has 4 aromatic heterocycles. The number of imidazole rings is 1. The standard InChI is InChI=1S/C25H27N9O2/c1-13(35)20-21(15-9-16-4-5-17(10-15)33(16)25(36)27-2)32-24-18(12-31-34(24)22(20)26)14-3-6-19(30-11-14)23-28-7-8-29-23/h3,6-8,11-12,15-17H,4-5,9-10,26H2,1-2H3,(H,27,36)(H,28,29)/t15-,16+,17?/m1/s1. The lowest BCUT2D eigenvalue weighted by Gasteiger charge is -2.38. The molecule has 0 aromatic carbocycles. The average molecular weight is 486 g/mol. The fourth-order valence-corrected chi connectivity index (χ4v) is 5.85. The van der Waals surface area contributed by atoms with Gasteiger partial charge < -0.3 is 20.9 Å². The molecule has 6 rings (SSSR count). The highest BCUT2D eigenvalue weighted by molar-refractivity contribution is 6.00. The molecule has 11 heteroatoms. The first-order valence-corrected chi connectivity index (χ1v) is 12.1. The highest BCUT2D eigenvalue weighted by Crippen LogP contribution is 2.44. The third kappa shape index (κ3) is 3.42. The Balaban J connectivity index is 1.42. The van der Waals surface area contributed by atoms with Crippen molar-refractivity contribution in [2.24, 2.45) is 0 Å². The summed E-state index contributed by atoms with van der Waals surface area (Å²) in [4.78, 5) is 44.0. The van der Waals surface area contributed by atoms with Gasteiger partial charge in [-0.3, -0.25) is 9.78 Å². The molecule has 11 nitrogen and oxygen atoms in total. The molecule has 2 amide bonds. The molecular weight excluding hydrogens is 458 g/mol. The van der Waals surface area contributed by atoms with Gasteiger partial charge in [0.1, 0.15) is 11.5 Å². The number of piperidine rings is 1. The number of urea groups is 1. The maximum Gasteiger partial charge on any atom is 0.317 e. The number of carbonyl (C=O) groups is 2. The summed E-state index contributed by atoms with van der Waals surface area (Å²) in [6.07, 6.45) is 10.3. The number of nitrogen functional groups attached to an aromatic ring is 1. The number of Topliss-reactive ketones (excluding diaryl/α,β-unsaturated/α-hetero) is 1. The van der Waals surface area contributed by atoms with Gasteiger partial charge in [0.15, 0.2) is 17.3 Å². The quantitative estimate of drug-likeness (QED) is 0.376. The lowest BCUT2D eigenvalue weighted by atomic mass is 9.85. The maximum absolute atomic E-state index is 12.7. The minimum atomic E-state index is -0.139. The van der Waals surface area contributed by atoms with Crippen LogP contribution in [0.1, 0.15) is 54.6 Å². The number of pyridine rings is 1. The zero-order valence-electron chi connectivity index (χ0n) is 20.1. The molecular formula is C25H27N9O2. The normalized spacial score (nSPS) is 21.2. The zero-order chi connectivity index (χ0) is 25.0. The molecule has 36 heavy (non-hydrogen) atoms. The van der Waals surface area contributed by atoms with E-state index in [0.717, 1.165) is 42.5 Å². The number of nitrogens with one attached hydrogen (secondary N) is 2. The van der Waals surface area contributed by atoms with E-state index in [0.29, 0.717) is 22.7 Å². The monoisotopic (exact) mass is 485 g/mol. The molecule has 3 atom stereocenters. The number of carbonyl (C=O) groups excluding carboxylic acids is 2. The predicted octanol–water partition coefficient (Wildman–Crippen LogP) is 3.02. The largest absolute Gasteiger partial charge is 0.383 e. The number of aromatic nitrogens is 6. The Morgan fingerprint density at radius 3 is 2.53 bits per heavy atom. The number of rotatable bonds is 4. The van der Waals surface area contributed by atoms with Crippen molar-refractivity contribution in [1.29, 1.82) is 0 Å². The summed E-state index contributed by atoms with van der Waals surface area (Å²) in [6, 6.07) is 4.03. The predicted molar refractivity (Wildman–Crippen MR) is 133 cm³/mol. The second kappa shape index (κ2) is 8.43. The van der Waals surface area contributed by atoms with E-state index in [4.69, 9.17) is 10.7 Å². The Morgan fingerprint density at radius 1 is 1.14 bits per heavy atom. The van der Waals surface area contributed by atoms with Gasteiger partial charge in [0, 0.05) is 54.8 Å². The van der Waals surface area contributed by atoms with Crippen molar-refractivity contribution in [2.45, 2.75) is 50.6 Å². The van der Waals surface area contributed by atoms with Crippen LogP contribution in [0.25, 0.3) is 28.3 Å². The molecule has 2 saturated heterocycles. The highest BCUT2D eigenvalue weighted by atomic mass is 16.2. The molecule has 6 heterocycles. The first kappa shape index (κ1) is 22.2. The number of nitrogens with zero attached hydrogens (tertiary/aromatic N) is 6. The molecule has 4 N–H and O–H groups in total. The minimum Gasteiger partial charge on any atom is -0.383 e. The molecule has 2 bridgehead atoms. The van der Waals surface area contributed by atoms with Crippen molar-refractivity contribution in [1.82, 2.24) is 39.8 Å². The number of hydrogen-bond donors (Lipinski definition) is 3. The third-order valence-electron chi connectivity index (χ3n) is 7.45. The van der Waals surface area contributed by atoms with Crippen LogP contribution in [0.4, 0.5) is 10.6 Å². The summed E-state index contributed by atoms with van der Waals surface area (Å²) in [5.41, 5.74) is 10.6. The van der Waals surface area contributed by atoms with E-state index in [1.807, 2.05) is 17.0 Å². The smallest absolute Gasteiger partial charge is 0.317 e. The number of aromatic amines is 1. The number of fused-ring (bicyclic) bond motifs is 3. The van der Waals surface area contributed by atoms with Crippen LogP contribution in [0.5, 0.6) is 0 Å². The van der Waals surface area contributed by atoms with Gasteiger partial charge in [-0.1, -0.05) is 6.07 Å². The van der Waals surface area contributed by atoms with Gasteiger partial charge in [0.05, 0.1) is 17.5 Å². The lowest BCUT2D eigenvalue weighted by Crippen LogP contribution is -2.49. The van der Waals surface area contributed by atoms with E-state index in [-0.39, 0.29) is 35.6 Å². The van der Waals surface area contributed by atoms with Gasteiger partial charge in [-0.2, -0.15) is 9.61 Å². The maximum atomic E-state index is 12.7. The van der Waals surface area contributed by atoms with E-state index in [9.17, 15) is 9.59 Å². The van der Waals surface area contributed by atoms with Crippen LogP contribution in [-0.2, 0) is 0 Å². The summed E-state index contributed by atoms with van der Waals surface area (Å²) < 4.78 is 1.53. The second-order valence-electron chi connectivity index (χ2n) is 9.49. The van der Waals surface area contributed by atoms with Crippen molar-refractivity contribution in [2.75, 3.05) is 12.8 Å². The summed E-state index contributed by atoms with van der Waals surface area (Å²) in [7, 11) is 1.66. The van der Waals surface area contributed by atoms with Crippen LogP contribution < -0.4 is 11.1 Å². The lowest BCUT2D eigenvalue weighted by molar-refractivity contribution is 0.101. The zero-order valence-corrected chi connectivity index (χ0v) is 20.1. The summed E-state index contributed by atoms with van der Waals surface area (Å²) in [5.74, 6) is 0.862. The molecule has 2 aliphatic heterocycles. The van der Waals surface area contributed by atoms with Crippen LogP contribution >= 0.6 is 0 Å². The van der Waals surface area contributed by atoms with Crippen molar-refractivity contribution >= 4 is 23.3 Å². The van der Waals surface area contributed by atoms with Crippen LogP contribution in [0.15, 0.2) is 36.9 Å². The van der Waals surface area contributed by atoms with Crippen molar-refractivity contribution in [3.05, 3.63) is 48.2 Å². The highest BCUT2D eigenvalue weighted by Gasteiger charge is 2.44. The van der Waals surface area contributed by atoms with Gasteiger partial charge in [-0.25, -0.2) is 14.8 Å². The summed E-state index contributed by atoms with van der Waals surface area (Å²) >= 11 is 0. The number of anilines is 1. The van der Waals surface area contributed by atoms with E-state index < -0.39 is 0 Å². The number of hydrogen-bond acceptors (Lipinski definition) is 7. The number of nitrogens with two attached hydrogens (primary N) is 1. The van der Waals surface area contributed by atoms with E-state index >= 15 is 0 Å². The van der Waals surface area contributed by atoms with E-state index in [1.54, 1.807) is 31.8 Å². The van der Waals surface area contributed by atoms with Gasteiger partial charge in [0.2, 0.25) is 0 Å². The van der Waals surface area contributed by atoms with Gasteiger partial charge in [-0.05, 0) is 38.7 Å². The Kier molecular flexibility index (Phi) is 5.20. The third-order valence-corrected chi connectivity index (χ3v) is 7.45. The van der Waals surface area contributed by atoms with Crippen molar-refractivity contribution < 1.29 is 9.59 Å². The molecule has 2 aliphatic rings. The average Bonchev–Trinajstić information content (AvgIpc) is 3.62. The molecule has 0 saturated carbocycles. The molecule has 4 aromatic rings. The molecule has 0 spiro atoms. The van der Waals surface area contributed by atoms with Gasteiger partial charge in [0.25, 0.3) is 0 Å². The number of ketones is 1. The van der Waals surface area contributed by atoms with Crippen LogP contribution in [0, 0.1) is 0 Å². The van der Waals surface area contributed by atoms with E-state index in [2.05, 4.69) is 25.4 Å². The number of amides is 2. The first-order valence-electron chi connectivity index (χ1n) is 12.1. The van der Waals surface area contributed by atoms with Crippen molar-refractivity contribution in [3.8, 4) is 22.6 Å². The first-order chi connectivity index (χ1) is 17.5. The van der Waals surface area contributed by atoms with Gasteiger partial charge in [-0.15, -0.1) is 0 Å². The fraction of sp³-hybridized carbons (Fsp3) is 0.360. The summed E-state index contributed by atoms with van der Waals surface area (Å²) in [5, 5.41) is 7.22.